The molecule has 0 saturated carbocycles. The van der Waals surface area contributed by atoms with E-state index in [1.54, 1.807) is 42.5 Å². The third kappa shape index (κ3) is 5.56. The zero-order valence-electron chi connectivity index (χ0n) is 21.6. The van der Waals surface area contributed by atoms with Gasteiger partial charge in [0.05, 0.1) is 35.3 Å². The maximum atomic E-state index is 15.0. The fourth-order valence-electron chi connectivity index (χ4n) is 4.86. The van der Waals surface area contributed by atoms with Gasteiger partial charge in [-0.1, -0.05) is 30.3 Å². The molecule has 1 saturated heterocycles. The average Bonchev–Trinajstić information content (AvgIpc) is 3.37. The Balaban J connectivity index is 1.17. The molecule has 3 heterocycles. The summed E-state index contributed by atoms with van der Waals surface area (Å²) in [5, 5.41) is 10.7. The van der Waals surface area contributed by atoms with E-state index in [1.165, 1.54) is 6.07 Å². The molecule has 3 aromatic carbocycles. The number of H-pyrrole nitrogens is 2. The van der Waals surface area contributed by atoms with E-state index in [0.717, 1.165) is 24.0 Å². The second-order valence-electron chi connectivity index (χ2n) is 9.57. The Morgan fingerprint density at radius 1 is 1.07 bits per heavy atom. The highest BCUT2D eigenvalue weighted by Gasteiger charge is 2.14. The first-order valence-corrected chi connectivity index (χ1v) is 13.0. The van der Waals surface area contributed by atoms with E-state index >= 15 is 0 Å². The van der Waals surface area contributed by atoms with Crippen molar-refractivity contribution in [2.75, 3.05) is 44.8 Å². The molecule has 2 aromatic heterocycles. The number of imidazole rings is 1. The van der Waals surface area contributed by atoms with Gasteiger partial charge in [0.15, 0.2) is 0 Å². The fraction of sp³-hybridized carbons (Fsp3) is 0.241. The summed E-state index contributed by atoms with van der Waals surface area (Å²) < 4.78 is 25.6. The molecule has 10 nitrogen and oxygen atoms in total. The zero-order chi connectivity index (χ0) is 27.5. The normalized spacial score (nSPS) is 14.0. The highest BCUT2D eigenvalue weighted by Crippen LogP contribution is 2.28. The van der Waals surface area contributed by atoms with E-state index < -0.39 is 6.09 Å². The van der Waals surface area contributed by atoms with Crippen LogP contribution in [0.4, 0.5) is 15.1 Å². The number of benzene rings is 3. The molecule has 11 heteroatoms. The lowest BCUT2D eigenvalue weighted by molar-refractivity contribution is 0.0290. The Bertz CT molecular complexity index is 1740. The van der Waals surface area contributed by atoms with Crippen molar-refractivity contribution in [1.82, 2.24) is 25.1 Å². The highest BCUT2D eigenvalue weighted by atomic mass is 19.1. The summed E-state index contributed by atoms with van der Waals surface area (Å²) in [6.45, 7) is 3.91. The molecular formula is C29H27FN6O4. The van der Waals surface area contributed by atoms with Crippen molar-refractivity contribution >= 4 is 33.8 Å². The number of ether oxygens (including phenoxy) is 2. The molecule has 3 N–H and O–H groups in total. The first-order chi connectivity index (χ1) is 19.5. The molecule has 40 heavy (non-hydrogen) atoms. The van der Waals surface area contributed by atoms with E-state index in [9.17, 15) is 14.0 Å². The lowest BCUT2D eigenvalue weighted by Crippen LogP contribution is -2.38. The van der Waals surface area contributed by atoms with Crippen LogP contribution >= 0.6 is 0 Å². The van der Waals surface area contributed by atoms with Gasteiger partial charge in [0.2, 0.25) is 5.95 Å². The third-order valence-electron chi connectivity index (χ3n) is 6.94. The van der Waals surface area contributed by atoms with Crippen LogP contribution in [-0.2, 0) is 15.9 Å². The SMILES string of the molecule is O=C(Nc1nc2cc(-c3cc(Cc4n[nH]c(=O)c5ccccc45)ccc3F)ccc2[nH]1)OCCN1CCOCC1. The second kappa shape index (κ2) is 11.2. The molecule has 204 valence electrons. The summed E-state index contributed by atoms with van der Waals surface area (Å²) in [6.07, 6.45) is -0.189. The molecular weight excluding hydrogens is 515 g/mol. The number of hydrogen-bond donors (Lipinski definition) is 3. The van der Waals surface area contributed by atoms with Crippen LogP contribution in [0, 0.1) is 5.82 Å². The molecule has 1 aliphatic heterocycles. The molecule has 5 aromatic rings. The average molecular weight is 543 g/mol. The van der Waals surface area contributed by atoms with E-state index in [-0.39, 0.29) is 23.9 Å². The number of aromatic nitrogens is 4. The van der Waals surface area contributed by atoms with E-state index in [2.05, 4.69) is 30.4 Å². The topological polar surface area (TPSA) is 125 Å². The maximum Gasteiger partial charge on any atom is 0.414 e. The van der Waals surface area contributed by atoms with E-state index in [1.807, 2.05) is 12.1 Å². The van der Waals surface area contributed by atoms with E-state index in [4.69, 9.17) is 9.47 Å². The van der Waals surface area contributed by atoms with Crippen LogP contribution in [0.15, 0.2) is 65.5 Å². The van der Waals surface area contributed by atoms with Crippen molar-refractivity contribution in [2.24, 2.45) is 0 Å². The number of morpholine rings is 1. The molecule has 0 aliphatic carbocycles. The number of carbonyl (C=O) groups excluding carboxylic acids is 1. The molecule has 1 fully saturated rings. The van der Waals surface area contributed by atoms with Gasteiger partial charge in [-0.15, -0.1) is 0 Å². The monoisotopic (exact) mass is 542 g/mol. The first-order valence-electron chi connectivity index (χ1n) is 13.0. The molecule has 6 rings (SSSR count). The van der Waals surface area contributed by atoms with Gasteiger partial charge in [-0.3, -0.25) is 15.0 Å². The van der Waals surface area contributed by atoms with Crippen LogP contribution in [0.2, 0.25) is 0 Å². The Morgan fingerprint density at radius 3 is 2.75 bits per heavy atom. The molecule has 0 bridgehead atoms. The molecule has 0 radical (unpaired) electrons. The van der Waals surface area contributed by atoms with Crippen molar-refractivity contribution in [3.05, 3.63) is 88.1 Å². The van der Waals surface area contributed by atoms with Crippen LogP contribution < -0.4 is 10.9 Å². The minimum Gasteiger partial charge on any atom is -0.448 e. The molecule has 0 spiro atoms. The maximum absolute atomic E-state index is 15.0. The minimum absolute atomic E-state index is 0.244. The van der Waals surface area contributed by atoms with Gasteiger partial charge in [-0.2, -0.15) is 5.10 Å². The van der Waals surface area contributed by atoms with Crippen molar-refractivity contribution in [2.45, 2.75) is 6.42 Å². The number of carbonyl (C=O) groups is 1. The minimum atomic E-state index is -0.602. The third-order valence-corrected chi connectivity index (χ3v) is 6.94. The Morgan fingerprint density at radius 2 is 1.90 bits per heavy atom. The number of amides is 1. The predicted molar refractivity (Wildman–Crippen MR) is 149 cm³/mol. The van der Waals surface area contributed by atoms with Gasteiger partial charge in [0.1, 0.15) is 12.4 Å². The van der Waals surface area contributed by atoms with Crippen molar-refractivity contribution in [3.8, 4) is 11.1 Å². The van der Waals surface area contributed by atoms with Crippen LogP contribution in [0.25, 0.3) is 32.9 Å². The molecule has 1 aliphatic rings. The second-order valence-corrected chi connectivity index (χ2v) is 9.57. The summed E-state index contributed by atoms with van der Waals surface area (Å²) in [5.74, 6) is -0.131. The van der Waals surface area contributed by atoms with Gasteiger partial charge < -0.3 is 14.5 Å². The van der Waals surface area contributed by atoms with Crippen LogP contribution in [0.1, 0.15) is 11.3 Å². The standard InChI is InChI=1S/C29H27FN6O4/c30-23-7-5-18(16-25-20-3-1-2-4-21(20)27(37)35-34-25)15-22(23)19-6-8-24-26(17-19)32-28(31-24)33-29(38)40-14-11-36-9-12-39-13-10-36/h1-8,15,17H,9-14,16H2,(H,35,37)(H2,31,32,33,38). The van der Waals surface area contributed by atoms with Gasteiger partial charge in [-0.25, -0.2) is 19.3 Å². The van der Waals surface area contributed by atoms with Gasteiger partial charge in [-0.05, 0) is 41.5 Å². The first kappa shape index (κ1) is 25.7. The number of rotatable bonds is 7. The largest absolute Gasteiger partial charge is 0.448 e. The summed E-state index contributed by atoms with van der Waals surface area (Å²) in [7, 11) is 0. The lowest BCUT2D eigenvalue weighted by Gasteiger charge is -2.26. The summed E-state index contributed by atoms with van der Waals surface area (Å²) in [6, 6.07) is 17.5. The molecule has 1 amide bonds. The van der Waals surface area contributed by atoms with Gasteiger partial charge >= 0.3 is 6.09 Å². The summed E-state index contributed by atoms with van der Waals surface area (Å²) in [4.78, 5) is 34.0. The van der Waals surface area contributed by atoms with Crippen molar-refractivity contribution in [3.63, 3.8) is 0 Å². The van der Waals surface area contributed by atoms with Crippen molar-refractivity contribution < 1.29 is 18.7 Å². The number of nitrogens with zero attached hydrogens (tertiary/aromatic N) is 3. The quantitative estimate of drug-likeness (QED) is 0.283. The van der Waals surface area contributed by atoms with Crippen LogP contribution in [0.3, 0.4) is 0 Å². The molecule has 0 unspecified atom stereocenters. The predicted octanol–water partition coefficient (Wildman–Crippen LogP) is 4.08. The number of aromatic amines is 2. The number of hydrogen-bond acceptors (Lipinski definition) is 7. The van der Waals surface area contributed by atoms with E-state index in [0.29, 0.717) is 59.4 Å². The van der Waals surface area contributed by atoms with Gasteiger partial charge in [0.25, 0.3) is 5.56 Å². The van der Waals surface area contributed by atoms with Crippen LogP contribution in [0.5, 0.6) is 0 Å². The number of fused-ring (bicyclic) bond motifs is 2. The number of anilines is 1. The van der Waals surface area contributed by atoms with Gasteiger partial charge in [0, 0.05) is 37.0 Å². The molecule has 0 atom stereocenters. The summed E-state index contributed by atoms with van der Waals surface area (Å²) >= 11 is 0. The Labute approximate surface area is 228 Å². The van der Waals surface area contributed by atoms with Crippen LogP contribution in [-0.4, -0.2) is 70.6 Å². The lowest BCUT2D eigenvalue weighted by atomic mass is 9.98. The highest BCUT2D eigenvalue weighted by molar-refractivity contribution is 5.88. The Hall–Kier alpha value is -4.61. The fourth-order valence-corrected chi connectivity index (χ4v) is 4.86. The number of nitrogens with one attached hydrogen (secondary N) is 3. The van der Waals surface area contributed by atoms with Crippen molar-refractivity contribution in [1.29, 1.82) is 0 Å². The zero-order valence-corrected chi connectivity index (χ0v) is 21.6. The smallest absolute Gasteiger partial charge is 0.414 e. The Kier molecular flexibility index (Phi) is 7.21. The number of halogens is 1. The summed E-state index contributed by atoms with van der Waals surface area (Å²) in [5.41, 5.74) is 3.59.